The SMILES string of the molecule is COc1ccccc1N1Cc2ccc(C(=O)NO)cc2OCC1C. The molecule has 24 heavy (non-hydrogen) atoms. The molecule has 0 aliphatic carbocycles. The Balaban J connectivity index is 1.96. The number of nitrogens with one attached hydrogen (secondary N) is 1. The fourth-order valence-electron chi connectivity index (χ4n) is 2.85. The zero-order chi connectivity index (χ0) is 17.1. The molecule has 1 aliphatic rings. The van der Waals surface area contributed by atoms with Gasteiger partial charge in [-0.2, -0.15) is 0 Å². The normalized spacial score (nSPS) is 16.6. The smallest absolute Gasteiger partial charge is 0.274 e. The van der Waals surface area contributed by atoms with Crippen LogP contribution in [0.5, 0.6) is 11.5 Å². The van der Waals surface area contributed by atoms with Crippen LogP contribution in [0.3, 0.4) is 0 Å². The topological polar surface area (TPSA) is 71.0 Å². The molecular weight excluding hydrogens is 308 g/mol. The van der Waals surface area contributed by atoms with E-state index in [1.54, 1.807) is 24.7 Å². The van der Waals surface area contributed by atoms with Crippen molar-refractivity contribution in [3.63, 3.8) is 0 Å². The van der Waals surface area contributed by atoms with Gasteiger partial charge >= 0.3 is 0 Å². The Morgan fingerprint density at radius 1 is 1.33 bits per heavy atom. The van der Waals surface area contributed by atoms with E-state index in [0.717, 1.165) is 17.0 Å². The number of hydroxylamine groups is 1. The molecule has 2 aromatic carbocycles. The Morgan fingerprint density at radius 2 is 2.12 bits per heavy atom. The van der Waals surface area contributed by atoms with Crippen LogP contribution in [0.25, 0.3) is 0 Å². The average Bonchev–Trinajstić information content (AvgIpc) is 2.79. The number of hydrogen-bond donors (Lipinski definition) is 2. The Bertz CT molecular complexity index is 748. The summed E-state index contributed by atoms with van der Waals surface area (Å²) < 4.78 is 11.4. The van der Waals surface area contributed by atoms with Crippen molar-refractivity contribution in [2.24, 2.45) is 0 Å². The number of ether oxygens (including phenoxy) is 2. The van der Waals surface area contributed by atoms with Gasteiger partial charge in [0.25, 0.3) is 5.91 Å². The van der Waals surface area contributed by atoms with E-state index >= 15 is 0 Å². The third-order valence-corrected chi connectivity index (χ3v) is 4.18. The van der Waals surface area contributed by atoms with Crippen molar-refractivity contribution in [2.45, 2.75) is 19.5 Å². The number of carbonyl (C=O) groups is 1. The number of anilines is 1. The predicted octanol–water partition coefficient (Wildman–Crippen LogP) is 2.60. The first kappa shape index (κ1) is 16.1. The van der Waals surface area contributed by atoms with E-state index < -0.39 is 5.91 Å². The molecule has 1 aliphatic heterocycles. The highest BCUT2D eigenvalue weighted by molar-refractivity contribution is 5.93. The number of amides is 1. The van der Waals surface area contributed by atoms with E-state index in [-0.39, 0.29) is 6.04 Å². The van der Waals surface area contributed by atoms with Crippen molar-refractivity contribution < 1.29 is 19.5 Å². The molecule has 2 aromatic rings. The van der Waals surface area contributed by atoms with Gasteiger partial charge in [0, 0.05) is 17.7 Å². The van der Waals surface area contributed by atoms with E-state index in [0.29, 0.717) is 24.5 Å². The van der Waals surface area contributed by atoms with Crippen LogP contribution in [0.2, 0.25) is 0 Å². The maximum atomic E-state index is 11.6. The zero-order valence-corrected chi connectivity index (χ0v) is 13.7. The molecule has 0 saturated carbocycles. The van der Waals surface area contributed by atoms with Crippen LogP contribution in [0, 0.1) is 0 Å². The minimum Gasteiger partial charge on any atom is -0.495 e. The number of benzene rings is 2. The minimum atomic E-state index is -0.555. The van der Waals surface area contributed by atoms with Crippen LogP contribution in [-0.4, -0.2) is 30.9 Å². The molecule has 2 N–H and O–H groups in total. The van der Waals surface area contributed by atoms with Gasteiger partial charge in [-0.05, 0) is 31.2 Å². The largest absolute Gasteiger partial charge is 0.495 e. The lowest BCUT2D eigenvalue weighted by Crippen LogP contribution is -2.35. The summed E-state index contributed by atoms with van der Waals surface area (Å²) in [5, 5.41) is 8.78. The number of para-hydroxylation sites is 2. The van der Waals surface area contributed by atoms with Gasteiger partial charge in [0.1, 0.15) is 18.1 Å². The molecule has 1 unspecified atom stereocenters. The number of rotatable bonds is 3. The van der Waals surface area contributed by atoms with Gasteiger partial charge in [0.15, 0.2) is 0 Å². The fourth-order valence-corrected chi connectivity index (χ4v) is 2.85. The second-order valence-electron chi connectivity index (χ2n) is 5.72. The first-order valence-electron chi connectivity index (χ1n) is 7.74. The van der Waals surface area contributed by atoms with Crippen molar-refractivity contribution in [1.82, 2.24) is 5.48 Å². The van der Waals surface area contributed by atoms with Gasteiger partial charge in [-0.25, -0.2) is 5.48 Å². The van der Waals surface area contributed by atoms with Crippen LogP contribution < -0.4 is 19.9 Å². The molecule has 0 bridgehead atoms. The molecule has 1 amide bonds. The number of fused-ring (bicyclic) bond motifs is 1. The van der Waals surface area contributed by atoms with Crippen LogP contribution in [0.4, 0.5) is 5.69 Å². The molecule has 0 spiro atoms. The molecule has 1 atom stereocenters. The first-order valence-corrected chi connectivity index (χ1v) is 7.74. The van der Waals surface area contributed by atoms with Crippen molar-refractivity contribution in [1.29, 1.82) is 0 Å². The van der Waals surface area contributed by atoms with E-state index in [1.165, 1.54) is 0 Å². The molecule has 126 valence electrons. The Labute approximate surface area is 140 Å². The molecule has 1 heterocycles. The zero-order valence-electron chi connectivity index (χ0n) is 13.7. The highest BCUT2D eigenvalue weighted by Crippen LogP contribution is 2.34. The molecular formula is C18H20N2O4. The second kappa shape index (κ2) is 6.80. The van der Waals surface area contributed by atoms with Gasteiger partial charge in [-0.1, -0.05) is 18.2 Å². The molecule has 0 saturated heterocycles. The fraction of sp³-hybridized carbons (Fsp3) is 0.278. The first-order chi connectivity index (χ1) is 11.6. The maximum absolute atomic E-state index is 11.6. The quantitative estimate of drug-likeness (QED) is 0.669. The van der Waals surface area contributed by atoms with Crippen LogP contribution in [-0.2, 0) is 6.54 Å². The van der Waals surface area contributed by atoms with Gasteiger partial charge in [-0.15, -0.1) is 0 Å². The lowest BCUT2D eigenvalue weighted by atomic mass is 10.1. The van der Waals surface area contributed by atoms with Gasteiger partial charge < -0.3 is 14.4 Å². The summed E-state index contributed by atoms with van der Waals surface area (Å²) in [5.41, 5.74) is 3.97. The van der Waals surface area contributed by atoms with Gasteiger partial charge in [0.05, 0.1) is 18.8 Å². The molecule has 6 heteroatoms. The van der Waals surface area contributed by atoms with E-state index in [9.17, 15) is 4.79 Å². The number of carbonyl (C=O) groups excluding carboxylic acids is 1. The summed E-state index contributed by atoms with van der Waals surface area (Å²) >= 11 is 0. The van der Waals surface area contributed by atoms with Gasteiger partial charge in [-0.3, -0.25) is 10.0 Å². The monoisotopic (exact) mass is 328 g/mol. The van der Waals surface area contributed by atoms with E-state index in [1.807, 2.05) is 30.3 Å². The van der Waals surface area contributed by atoms with Crippen LogP contribution in [0.1, 0.15) is 22.8 Å². The van der Waals surface area contributed by atoms with Crippen LogP contribution >= 0.6 is 0 Å². The standard InChI is InChI=1S/C18H20N2O4/c1-12-11-24-17-9-13(18(21)19-22)7-8-14(17)10-20(12)15-5-3-4-6-16(15)23-2/h3-9,12,22H,10-11H2,1-2H3,(H,19,21). The Kier molecular flexibility index (Phi) is 4.57. The number of methoxy groups -OCH3 is 1. The summed E-state index contributed by atoms with van der Waals surface area (Å²) in [7, 11) is 1.66. The average molecular weight is 328 g/mol. The van der Waals surface area contributed by atoms with Crippen molar-refractivity contribution in [3.8, 4) is 11.5 Å². The summed E-state index contributed by atoms with van der Waals surface area (Å²) in [4.78, 5) is 13.8. The predicted molar refractivity (Wildman–Crippen MR) is 89.8 cm³/mol. The highest BCUT2D eigenvalue weighted by atomic mass is 16.5. The summed E-state index contributed by atoms with van der Waals surface area (Å²) in [5.74, 6) is 0.907. The lowest BCUT2D eigenvalue weighted by molar-refractivity contribution is 0.0706. The van der Waals surface area contributed by atoms with Crippen molar-refractivity contribution in [2.75, 3.05) is 18.6 Å². The third-order valence-electron chi connectivity index (χ3n) is 4.18. The number of hydrogen-bond acceptors (Lipinski definition) is 5. The molecule has 0 aromatic heterocycles. The van der Waals surface area contributed by atoms with E-state index in [4.69, 9.17) is 14.7 Å². The molecule has 0 radical (unpaired) electrons. The lowest BCUT2D eigenvalue weighted by Gasteiger charge is -2.29. The van der Waals surface area contributed by atoms with Crippen molar-refractivity contribution in [3.05, 3.63) is 53.6 Å². The Morgan fingerprint density at radius 3 is 2.88 bits per heavy atom. The molecule has 6 nitrogen and oxygen atoms in total. The van der Waals surface area contributed by atoms with Crippen LogP contribution in [0.15, 0.2) is 42.5 Å². The van der Waals surface area contributed by atoms with Crippen molar-refractivity contribution >= 4 is 11.6 Å². The molecule has 0 fully saturated rings. The third kappa shape index (κ3) is 3.00. The minimum absolute atomic E-state index is 0.129. The second-order valence-corrected chi connectivity index (χ2v) is 5.72. The molecule has 3 rings (SSSR count). The highest BCUT2D eigenvalue weighted by Gasteiger charge is 2.24. The summed E-state index contributed by atoms with van der Waals surface area (Å²) in [6.45, 7) is 3.20. The Hall–Kier alpha value is -2.73. The summed E-state index contributed by atoms with van der Waals surface area (Å²) in [6.07, 6.45) is 0. The summed E-state index contributed by atoms with van der Waals surface area (Å²) in [6, 6.07) is 13.2. The van der Waals surface area contributed by atoms with E-state index in [2.05, 4.69) is 11.8 Å². The maximum Gasteiger partial charge on any atom is 0.274 e. The van der Waals surface area contributed by atoms with Gasteiger partial charge in [0.2, 0.25) is 0 Å². The number of nitrogens with zero attached hydrogens (tertiary/aromatic N) is 1.